The van der Waals surface area contributed by atoms with E-state index in [4.69, 9.17) is 4.74 Å². The predicted molar refractivity (Wildman–Crippen MR) is 168 cm³/mol. The second-order valence-corrected chi connectivity index (χ2v) is 14.2. The normalized spacial score (nSPS) is 35.4. The van der Waals surface area contributed by atoms with Crippen LogP contribution in [0.2, 0.25) is 0 Å². The minimum absolute atomic E-state index is 0.123. The number of likely N-dealkylation sites (N-methyl/N-ethyl adjacent to an activating group) is 1. The number of aliphatic hydroxyl groups is 2. The molecule has 46 heavy (non-hydrogen) atoms. The van der Waals surface area contributed by atoms with Crippen LogP contribution >= 0.6 is 0 Å². The number of carbonyl (C=O) groups is 3. The Morgan fingerprint density at radius 1 is 1.13 bits per heavy atom. The summed E-state index contributed by atoms with van der Waals surface area (Å²) in [5.74, 6) is -4.52. The number of carbonyl (C=O) groups excluding carboxylic acids is 3. The number of hydrogen-bond acceptors (Lipinski definition) is 7. The van der Waals surface area contributed by atoms with Gasteiger partial charge in [0, 0.05) is 47.9 Å². The topological polar surface area (TPSA) is 138 Å². The first-order chi connectivity index (χ1) is 22.0. The molecule has 0 bridgehead atoms. The van der Waals surface area contributed by atoms with Gasteiger partial charge in [-0.3, -0.25) is 24.0 Å². The van der Waals surface area contributed by atoms with Crippen molar-refractivity contribution in [1.29, 1.82) is 0 Å². The lowest BCUT2D eigenvalue weighted by atomic mass is 9.72. The van der Waals surface area contributed by atoms with E-state index in [0.29, 0.717) is 13.0 Å². The number of nitrogens with one attached hydrogen (secondary N) is 2. The van der Waals surface area contributed by atoms with Gasteiger partial charge in [-0.2, -0.15) is 0 Å². The Bertz CT molecular complexity index is 1730. The maximum absolute atomic E-state index is 14.6. The summed E-state index contributed by atoms with van der Waals surface area (Å²) in [5.41, 5.74) is 2.51. The molecular formula is C35H41N5O6. The molecule has 5 heterocycles. The van der Waals surface area contributed by atoms with E-state index in [0.717, 1.165) is 22.4 Å². The van der Waals surface area contributed by atoms with Gasteiger partial charge < -0.3 is 30.3 Å². The van der Waals surface area contributed by atoms with Crippen LogP contribution in [-0.2, 0) is 32.0 Å². The lowest BCUT2D eigenvalue weighted by molar-refractivity contribution is -0.326. The van der Waals surface area contributed by atoms with Gasteiger partial charge in [0.05, 0.1) is 5.92 Å². The van der Waals surface area contributed by atoms with Crippen molar-refractivity contribution in [3.05, 3.63) is 71.4 Å². The first-order valence-electron chi connectivity index (χ1n) is 16.4. The molecule has 8 rings (SSSR count). The Labute approximate surface area is 267 Å². The molecular weight excluding hydrogens is 586 g/mol. The first kappa shape index (κ1) is 29.6. The summed E-state index contributed by atoms with van der Waals surface area (Å²) in [6, 6.07) is 13.7. The van der Waals surface area contributed by atoms with Gasteiger partial charge >= 0.3 is 0 Å². The minimum Gasteiger partial charge on any atom is -0.374 e. The van der Waals surface area contributed by atoms with E-state index in [1.165, 1.54) is 21.4 Å². The van der Waals surface area contributed by atoms with Crippen LogP contribution in [0.15, 0.2) is 54.7 Å². The molecule has 0 saturated carbocycles. The maximum atomic E-state index is 14.6. The van der Waals surface area contributed by atoms with E-state index in [9.17, 15) is 24.6 Å². The first-order valence-corrected chi connectivity index (χ1v) is 16.4. The smallest absolute Gasteiger partial charge is 0.281 e. The van der Waals surface area contributed by atoms with Gasteiger partial charge in [-0.1, -0.05) is 56.3 Å². The van der Waals surface area contributed by atoms with Gasteiger partial charge in [-0.25, -0.2) is 0 Å². The largest absolute Gasteiger partial charge is 0.374 e. The number of piperidine rings is 1. The van der Waals surface area contributed by atoms with Crippen molar-refractivity contribution < 1.29 is 29.3 Å². The molecule has 2 unspecified atom stereocenters. The highest BCUT2D eigenvalue weighted by atomic mass is 16.7. The highest BCUT2D eigenvalue weighted by Gasteiger charge is 2.72. The molecule has 8 atom stereocenters. The number of rotatable bonds is 5. The van der Waals surface area contributed by atoms with Crippen LogP contribution in [-0.4, -0.2) is 97.2 Å². The molecule has 4 fully saturated rings. The Kier molecular flexibility index (Phi) is 6.68. The van der Waals surface area contributed by atoms with Crippen LogP contribution in [0.25, 0.3) is 10.9 Å². The average molecular weight is 628 g/mol. The summed E-state index contributed by atoms with van der Waals surface area (Å²) in [7, 11) is 2.05. The summed E-state index contributed by atoms with van der Waals surface area (Å²) in [4.78, 5) is 50.9. The monoisotopic (exact) mass is 627 g/mol. The van der Waals surface area contributed by atoms with Crippen LogP contribution in [0.5, 0.6) is 0 Å². The Morgan fingerprint density at radius 3 is 2.67 bits per heavy atom. The van der Waals surface area contributed by atoms with Crippen LogP contribution in [0.4, 0.5) is 0 Å². The lowest BCUT2D eigenvalue weighted by Gasteiger charge is -2.49. The molecule has 0 spiro atoms. The second kappa shape index (κ2) is 10.4. The van der Waals surface area contributed by atoms with Crippen LogP contribution in [0.3, 0.4) is 0 Å². The van der Waals surface area contributed by atoms with Gasteiger partial charge in [0.15, 0.2) is 0 Å². The Morgan fingerprint density at radius 2 is 1.91 bits per heavy atom. The number of fused-ring (bicyclic) bond motifs is 5. The van der Waals surface area contributed by atoms with Crippen molar-refractivity contribution in [2.75, 3.05) is 13.6 Å². The van der Waals surface area contributed by atoms with Gasteiger partial charge in [-0.15, -0.1) is 0 Å². The molecule has 5 aliphatic rings. The number of amides is 3. The zero-order chi connectivity index (χ0) is 32.1. The van der Waals surface area contributed by atoms with E-state index in [2.05, 4.69) is 39.6 Å². The number of aliphatic hydroxyl groups excluding tert-OH is 1. The lowest BCUT2D eigenvalue weighted by Crippen LogP contribution is -2.72. The quantitative estimate of drug-likeness (QED) is 0.340. The van der Waals surface area contributed by atoms with E-state index in [-0.39, 0.29) is 37.1 Å². The van der Waals surface area contributed by atoms with Crippen molar-refractivity contribution in [1.82, 2.24) is 25.0 Å². The molecule has 3 amide bonds. The van der Waals surface area contributed by atoms with Crippen LogP contribution in [0, 0.1) is 11.8 Å². The molecule has 4 aliphatic heterocycles. The van der Waals surface area contributed by atoms with Gasteiger partial charge in [-0.05, 0) is 55.5 Å². The average Bonchev–Trinajstić information content (AvgIpc) is 3.70. The number of benzene rings is 2. The molecule has 0 radical (unpaired) electrons. The molecule has 242 valence electrons. The molecule has 3 aromatic rings. The highest BCUT2D eigenvalue weighted by Crippen LogP contribution is 2.49. The van der Waals surface area contributed by atoms with Crippen molar-refractivity contribution in [3.63, 3.8) is 0 Å². The van der Waals surface area contributed by atoms with Crippen molar-refractivity contribution in [2.24, 2.45) is 11.8 Å². The van der Waals surface area contributed by atoms with Crippen LogP contribution in [0.1, 0.15) is 55.7 Å². The van der Waals surface area contributed by atoms with Crippen LogP contribution < -0.4 is 5.32 Å². The third-order valence-corrected chi connectivity index (χ3v) is 11.3. The Hall–Kier alpha value is -3.77. The molecule has 1 aromatic heterocycles. The van der Waals surface area contributed by atoms with E-state index in [1.54, 1.807) is 13.8 Å². The number of likely N-dealkylation sites (tertiary alicyclic amines) is 1. The summed E-state index contributed by atoms with van der Waals surface area (Å²) in [6.45, 7) is 4.05. The van der Waals surface area contributed by atoms with Gasteiger partial charge in [0.2, 0.25) is 17.5 Å². The zero-order valence-corrected chi connectivity index (χ0v) is 26.3. The van der Waals surface area contributed by atoms with Gasteiger partial charge in [0.1, 0.15) is 18.3 Å². The molecule has 1 aliphatic carbocycles. The van der Waals surface area contributed by atoms with E-state index in [1.807, 2.05) is 37.4 Å². The Balaban J connectivity index is 1.12. The molecule has 11 heteroatoms. The fourth-order valence-electron chi connectivity index (χ4n) is 9.01. The van der Waals surface area contributed by atoms with Gasteiger partial charge in [0.25, 0.3) is 11.8 Å². The minimum atomic E-state index is -2.22. The summed E-state index contributed by atoms with van der Waals surface area (Å²) in [5, 5.41) is 27.4. The standard InChI is InChI=1S/C35H41N5O6/c1-19(2)34(37-31(42)22-15-24-23-10-7-11-25-30(23)21(17-36-25)16-26(24)38(3)18-22)33(44)40-27(14-20-8-5-4-6-9-20)32(43)39-28(12-13-29(39)41)35(40,45)46-34/h4-11,17,19,22,24,26-29,36,41,45H,12-16,18H2,1-3H3,(H,37,42)/t22-,24?,26-,27+,28+,29?,34-,35+/m1/s1. The van der Waals surface area contributed by atoms with Crippen molar-refractivity contribution in [2.45, 2.75) is 87.9 Å². The van der Waals surface area contributed by atoms with E-state index < -0.39 is 53.6 Å². The second-order valence-electron chi connectivity index (χ2n) is 14.2. The molecule has 2 aromatic carbocycles. The van der Waals surface area contributed by atoms with Crippen molar-refractivity contribution >= 4 is 28.6 Å². The number of hydrogen-bond donors (Lipinski definition) is 4. The number of aromatic amines is 1. The van der Waals surface area contributed by atoms with E-state index >= 15 is 0 Å². The maximum Gasteiger partial charge on any atom is 0.281 e. The predicted octanol–water partition coefficient (Wildman–Crippen LogP) is 2.04. The highest BCUT2D eigenvalue weighted by molar-refractivity contribution is 5.98. The van der Waals surface area contributed by atoms with Crippen molar-refractivity contribution in [3.8, 4) is 0 Å². The number of nitrogens with zero attached hydrogens (tertiary/aromatic N) is 3. The third kappa shape index (κ3) is 4.08. The SMILES string of the molecule is CC(C)[C@@]1(NC(=O)[C@@H]2CC3c4cccc5[nH]cc(c45)C[C@H]3N(C)C2)O[C@@]2(O)[C@@H]3CCC(O)N3C(=O)[C@H](Cc3ccccc3)N2C1=O. The number of piperazine rings is 1. The number of aromatic nitrogens is 1. The number of ether oxygens (including phenoxy) is 1. The molecule has 4 N–H and O–H groups in total. The number of H-pyrrole nitrogens is 1. The summed E-state index contributed by atoms with van der Waals surface area (Å²) >= 11 is 0. The summed E-state index contributed by atoms with van der Waals surface area (Å²) in [6.07, 6.45) is 3.11. The summed E-state index contributed by atoms with van der Waals surface area (Å²) < 4.78 is 6.45. The molecule has 11 nitrogen and oxygen atoms in total. The third-order valence-electron chi connectivity index (χ3n) is 11.3. The fourth-order valence-corrected chi connectivity index (χ4v) is 9.01. The fraction of sp³-hybridized carbons (Fsp3) is 0.514. The molecule has 4 saturated heterocycles. The zero-order valence-electron chi connectivity index (χ0n) is 26.3.